The third-order valence-corrected chi connectivity index (χ3v) is 3.29. The Bertz CT molecular complexity index is 357. The van der Waals surface area contributed by atoms with Gasteiger partial charge in [0.1, 0.15) is 0 Å². The molecule has 3 heteroatoms. The van der Waals surface area contributed by atoms with Crippen molar-refractivity contribution in [3.05, 3.63) is 47.0 Å². The average molecular weight is 267 g/mol. The highest BCUT2D eigenvalue weighted by Gasteiger charge is 2.10. The standard InChI is InChI=1S/C15H23ClN2/c1-3-4-5-6-7-8-15(18-17)13-9-12(2)10-14(16)11-13/h3,9-11,15,18H,1,4-8,17H2,2H3. The predicted octanol–water partition coefficient (Wildman–Crippen LogP) is 4.29. The molecule has 100 valence electrons. The number of hydrogen-bond acceptors (Lipinski definition) is 2. The summed E-state index contributed by atoms with van der Waals surface area (Å²) in [5, 5.41) is 0.775. The smallest absolute Gasteiger partial charge is 0.0460 e. The molecule has 1 unspecified atom stereocenters. The Hall–Kier alpha value is -0.830. The van der Waals surface area contributed by atoms with Gasteiger partial charge in [-0.3, -0.25) is 11.3 Å². The van der Waals surface area contributed by atoms with E-state index in [9.17, 15) is 0 Å². The van der Waals surface area contributed by atoms with Crippen LogP contribution in [-0.2, 0) is 0 Å². The van der Waals surface area contributed by atoms with E-state index in [2.05, 4.69) is 18.1 Å². The van der Waals surface area contributed by atoms with Crippen LogP contribution in [0.3, 0.4) is 0 Å². The number of nitrogens with two attached hydrogens (primary N) is 1. The molecule has 18 heavy (non-hydrogen) atoms. The number of rotatable bonds is 8. The Labute approximate surface area is 115 Å². The quantitative estimate of drug-likeness (QED) is 0.319. The van der Waals surface area contributed by atoms with E-state index in [0.717, 1.165) is 24.3 Å². The normalized spacial score (nSPS) is 12.4. The number of allylic oxidation sites excluding steroid dienone is 1. The fourth-order valence-electron chi connectivity index (χ4n) is 2.13. The Kier molecular flexibility index (Phi) is 7.02. The third kappa shape index (κ3) is 5.21. The van der Waals surface area contributed by atoms with Gasteiger partial charge in [-0.05, 0) is 49.4 Å². The number of halogens is 1. The second-order valence-electron chi connectivity index (χ2n) is 4.71. The fraction of sp³-hybridized carbons (Fsp3) is 0.467. The molecule has 0 radical (unpaired) electrons. The van der Waals surface area contributed by atoms with Gasteiger partial charge in [-0.25, -0.2) is 0 Å². The summed E-state index contributed by atoms with van der Waals surface area (Å²) >= 11 is 6.07. The molecule has 0 bridgehead atoms. The largest absolute Gasteiger partial charge is 0.271 e. The van der Waals surface area contributed by atoms with E-state index in [0.29, 0.717) is 0 Å². The molecule has 1 aromatic rings. The lowest BCUT2D eigenvalue weighted by Crippen LogP contribution is -2.28. The van der Waals surface area contributed by atoms with Crippen molar-refractivity contribution in [2.45, 2.75) is 45.1 Å². The molecule has 2 nitrogen and oxygen atoms in total. The first kappa shape index (κ1) is 15.2. The van der Waals surface area contributed by atoms with Crippen molar-refractivity contribution in [1.29, 1.82) is 0 Å². The van der Waals surface area contributed by atoms with E-state index in [1.165, 1.54) is 24.0 Å². The summed E-state index contributed by atoms with van der Waals surface area (Å²) in [5.74, 6) is 5.64. The number of hydrogen-bond donors (Lipinski definition) is 2. The van der Waals surface area contributed by atoms with E-state index < -0.39 is 0 Å². The summed E-state index contributed by atoms with van der Waals surface area (Å²) in [6, 6.07) is 6.28. The first-order chi connectivity index (χ1) is 8.67. The fourth-order valence-corrected chi connectivity index (χ4v) is 2.42. The zero-order chi connectivity index (χ0) is 13.4. The van der Waals surface area contributed by atoms with Crippen molar-refractivity contribution >= 4 is 11.6 Å². The lowest BCUT2D eigenvalue weighted by Gasteiger charge is -2.17. The van der Waals surface area contributed by atoms with Gasteiger partial charge in [0.05, 0.1) is 0 Å². The molecule has 1 atom stereocenters. The van der Waals surface area contributed by atoms with Crippen molar-refractivity contribution in [3.8, 4) is 0 Å². The van der Waals surface area contributed by atoms with Crippen LogP contribution < -0.4 is 11.3 Å². The van der Waals surface area contributed by atoms with Gasteiger partial charge in [0.15, 0.2) is 0 Å². The van der Waals surface area contributed by atoms with Gasteiger partial charge in [-0.2, -0.15) is 0 Å². The van der Waals surface area contributed by atoms with Gasteiger partial charge in [0.2, 0.25) is 0 Å². The Morgan fingerprint density at radius 2 is 2.11 bits per heavy atom. The molecule has 0 aliphatic rings. The SMILES string of the molecule is C=CCCCCCC(NN)c1cc(C)cc(Cl)c1. The maximum absolute atomic E-state index is 6.07. The summed E-state index contributed by atoms with van der Waals surface area (Å²) in [5.41, 5.74) is 5.23. The van der Waals surface area contributed by atoms with Crippen LogP contribution in [-0.4, -0.2) is 0 Å². The van der Waals surface area contributed by atoms with Gasteiger partial charge in [-0.15, -0.1) is 6.58 Å². The monoisotopic (exact) mass is 266 g/mol. The van der Waals surface area contributed by atoms with Crippen LogP contribution in [0.15, 0.2) is 30.9 Å². The number of nitrogens with one attached hydrogen (secondary N) is 1. The Morgan fingerprint density at radius 3 is 2.72 bits per heavy atom. The van der Waals surface area contributed by atoms with E-state index in [4.69, 9.17) is 17.4 Å². The summed E-state index contributed by atoms with van der Waals surface area (Å²) < 4.78 is 0. The molecule has 1 aromatic carbocycles. The maximum atomic E-state index is 6.07. The van der Waals surface area contributed by atoms with Crippen LogP contribution in [0.1, 0.15) is 49.3 Å². The number of aryl methyl sites for hydroxylation is 1. The molecule has 0 amide bonds. The second-order valence-corrected chi connectivity index (χ2v) is 5.14. The lowest BCUT2D eigenvalue weighted by molar-refractivity contribution is 0.484. The number of unbranched alkanes of at least 4 members (excludes halogenated alkanes) is 3. The molecule has 0 heterocycles. The molecule has 3 N–H and O–H groups in total. The lowest BCUT2D eigenvalue weighted by atomic mass is 9.99. The Morgan fingerprint density at radius 1 is 1.33 bits per heavy atom. The molecule has 0 saturated heterocycles. The van der Waals surface area contributed by atoms with Crippen LogP contribution in [0.4, 0.5) is 0 Å². The molecule has 0 aliphatic carbocycles. The molecule has 0 spiro atoms. The van der Waals surface area contributed by atoms with Crippen LogP contribution in [0.25, 0.3) is 0 Å². The average Bonchev–Trinajstić information content (AvgIpc) is 2.32. The Balaban J connectivity index is 2.51. The van der Waals surface area contributed by atoms with Gasteiger partial charge in [-0.1, -0.05) is 36.6 Å². The minimum atomic E-state index is 0.186. The van der Waals surface area contributed by atoms with Gasteiger partial charge in [0.25, 0.3) is 0 Å². The number of hydrazine groups is 1. The van der Waals surface area contributed by atoms with Gasteiger partial charge >= 0.3 is 0 Å². The highest BCUT2D eigenvalue weighted by molar-refractivity contribution is 6.30. The molecular formula is C15H23ClN2. The number of benzene rings is 1. The van der Waals surface area contributed by atoms with Crippen molar-refractivity contribution in [3.63, 3.8) is 0 Å². The zero-order valence-electron chi connectivity index (χ0n) is 11.1. The summed E-state index contributed by atoms with van der Waals surface area (Å²) in [6.07, 6.45) is 7.68. The zero-order valence-corrected chi connectivity index (χ0v) is 11.8. The molecule has 0 aliphatic heterocycles. The highest BCUT2D eigenvalue weighted by Crippen LogP contribution is 2.24. The predicted molar refractivity (Wildman–Crippen MR) is 79.5 cm³/mol. The van der Waals surface area contributed by atoms with Gasteiger partial charge < -0.3 is 0 Å². The topological polar surface area (TPSA) is 38.0 Å². The molecule has 0 fully saturated rings. The third-order valence-electron chi connectivity index (χ3n) is 3.07. The molecule has 1 rings (SSSR count). The summed E-state index contributed by atoms with van der Waals surface area (Å²) in [4.78, 5) is 0. The summed E-state index contributed by atoms with van der Waals surface area (Å²) in [7, 11) is 0. The van der Waals surface area contributed by atoms with Crippen molar-refractivity contribution in [1.82, 2.24) is 5.43 Å². The van der Waals surface area contributed by atoms with Crippen LogP contribution in [0.2, 0.25) is 5.02 Å². The van der Waals surface area contributed by atoms with E-state index >= 15 is 0 Å². The minimum absolute atomic E-state index is 0.186. The van der Waals surface area contributed by atoms with E-state index in [1.807, 2.05) is 25.1 Å². The second kappa shape index (κ2) is 8.30. The van der Waals surface area contributed by atoms with Crippen molar-refractivity contribution in [2.24, 2.45) is 5.84 Å². The summed E-state index contributed by atoms with van der Waals surface area (Å²) in [6.45, 7) is 5.78. The van der Waals surface area contributed by atoms with Crippen LogP contribution in [0.5, 0.6) is 0 Å². The van der Waals surface area contributed by atoms with Crippen LogP contribution >= 0.6 is 11.6 Å². The maximum Gasteiger partial charge on any atom is 0.0460 e. The first-order valence-corrected chi connectivity index (χ1v) is 6.89. The van der Waals surface area contributed by atoms with Crippen LogP contribution in [0, 0.1) is 6.92 Å². The van der Waals surface area contributed by atoms with Crippen molar-refractivity contribution < 1.29 is 0 Å². The molecule has 0 saturated carbocycles. The minimum Gasteiger partial charge on any atom is -0.271 e. The van der Waals surface area contributed by atoms with Crippen molar-refractivity contribution in [2.75, 3.05) is 0 Å². The van der Waals surface area contributed by atoms with E-state index in [-0.39, 0.29) is 6.04 Å². The molecule has 0 aromatic heterocycles. The van der Waals surface area contributed by atoms with Gasteiger partial charge in [0, 0.05) is 11.1 Å². The van der Waals surface area contributed by atoms with E-state index in [1.54, 1.807) is 0 Å². The molecular weight excluding hydrogens is 244 g/mol. The highest BCUT2D eigenvalue weighted by atomic mass is 35.5. The first-order valence-electron chi connectivity index (χ1n) is 6.51.